The van der Waals surface area contributed by atoms with Crippen molar-refractivity contribution in [1.82, 2.24) is 10.2 Å². The number of fused-ring (bicyclic) bond motifs is 1. The minimum Gasteiger partial charge on any atom is -0.342 e. The molecule has 3 aliphatic rings. The Bertz CT molecular complexity index is 286. The van der Waals surface area contributed by atoms with Crippen molar-refractivity contribution in [3.8, 4) is 0 Å². The van der Waals surface area contributed by atoms with Gasteiger partial charge in [-0.3, -0.25) is 4.79 Å². The molecular weight excluding hydrogens is 212 g/mol. The van der Waals surface area contributed by atoms with Gasteiger partial charge >= 0.3 is 0 Å². The van der Waals surface area contributed by atoms with Gasteiger partial charge in [-0.2, -0.15) is 0 Å². The molecule has 2 saturated heterocycles. The molecule has 2 heterocycles. The van der Waals surface area contributed by atoms with Gasteiger partial charge in [0.1, 0.15) is 0 Å². The lowest BCUT2D eigenvalue weighted by atomic mass is 9.86. The van der Waals surface area contributed by atoms with E-state index in [1.165, 1.54) is 32.1 Å². The fraction of sp³-hybridized carbons (Fsp3) is 0.929. The van der Waals surface area contributed by atoms with Crippen LogP contribution in [0.5, 0.6) is 0 Å². The second kappa shape index (κ2) is 4.97. The molecule has 2 aliphatic heterocycles. The Labute approximate surface area is 104 Å². The van der Waals surface area contributed by atoms with Gasteiger partial charge in [0.05, 0.1) is 0 Å². The van der Waals surface area contributed by atoms with Crippen molar-refractivity contribution in [2.24, 2.45) is 11.8 Å². The fourth-order valence-corrected chi connectivity index (χ4v) is 3.86. The van der Waals surface area contributed by atoms with Gasteiger partial charge in [0, 0.05) is 25.0 Å². The molecule has 17 heavy (non-hydrogen) atoms. The predicted molar refractivity (Wildman–Crippen MR) is 67.7 cm³/mol. The van der Waals surface area contributed by atoms with Crippen LogP contribution in [-0.4, -0.2) is 36.5 Å². The zero-order valence-corrected chi connectivity index (χ0v) is 10.7. The van der Waals surface area contributed by atoms with Crippen LogP contribution in [0, 0.1) is 11.8 Å². The Morgan fingerprint density at radius 2 is 1.88 bits per heavy atom. The third kappa shape index (κ3) is 2.35. The highest BCUT2D eigenvalue weighted by atomic mass is 16.2. The summed E-state index contributed by atoms with van der Waals surface area (Å²) in [6, 6.07) is 0.699. The molecule has 3 rings (SSSR count). The van der Waals surface area contributed by atoms with Gasteiger partial charge in [0.2, 0.25) is 5.91 Å². The van der Waals surface area contributed by atoms with Crippen LogP contribution in [0.1, 0.15) is 44.9 Å². The molecule has 0 spiro atoms. The quantitative estimate of drug-likeness (QED) is 0.752. The van der Waals surface area contributed by atoms with Gasteiger partial charge < -0.3 is 10.2 Å². The Morgan fingerprint density at radius 1 is 1.06 bits per heavy atom. The standard InChI is InChI=1S/C14H24N2O/c17-14(11-4-2-1-3-5-11)16-9-7-13-12(10-16)6-8-15-13/h11-13,15H,1-10H2. The van der Waals surface area contributed by atoms with E-state index in [-0.39, 0.29) is 0 Å². The van der Waals surface area contributed by atoms with E-state index in [4.69, 9.17) is 0 Å². The fourth-order valence-electron chi connectivity index (χ4n) is 3.86. The average Bonchev–Trinajstić information content (AvgIpc) is 2.86. The van der Waals surface area contributed by atoms with Crippen LogP contribution in [0.3, 0.4) is 0 Å². The molecule has 0 aromatic carbocycles. The molecule has 3 heteroatoms. The Hall–Kier alpha value is -0.570. The number of hydrogen-bond acceptors (Lipinski definition) is 2. The zero-order chi connectivity index (χ0) is 11.7. The van der Waals surface area contributed by atoms with Crippen LogP contribution >= 0.6 is 0 Å². The molecule has 0 bridgehead atoms. The number of nitrogens with one attached hydrogen (secondary N) is 1. The maximum atomic E-state index is 12.4. The van der Waals surface area contributed by atoms with Gasteiger partial charge in [0.15, 0.2) is 0 Å². The maximum Gasteiger partial charge on any atom is 0.225 e. The van der Waals surface area contributed by atoms with E-state index in [2.05, 4.69) is 10.2 Å². The number of carbonyl (C=O) groups excluding carboxylic acids is 1. The van der Waals surface area contributed by atoms with E-state index in [9.17, 15) is 4.79 Å². The van der Waals surface area contributed by atoms with E-state index in [0.29, 0.717) is 17.9 Å². The van der Waals surface area contributed by atoms with Crippen molar-refractivity contribution in [3.05, 3.63) is 0 Å². The highest BCUT2D eigenvalue weighted by Crippen LogP contribution is 2.29. The molecular formula is C14H24N2O. The van der Waals surface area contributed by atoms with Crippen molar-refractivity contribution < 1.29 is 4.79 Å². The Balaban J connectivity index is 1.58. The second-order valence-electron chi connectivity index (χ2n) is 6.02. The van der Waals surface area contributed by atoms with Crippen molar-refractivity contribution >= 4 is 5.91 Å². The van der Waals surface area contributed by atoms with Gasteiger partial charge in [-0.1, -0.05) is 19.3 Å². The van der Waals surface area contributed by atoms with Crippen LogP contribution in [0.2, 0.25) is 0 Å². The Morgan fingerprint density at radius 3 is 2.71 bits per heavy atom. The monoisotopic (exact) mass is 236 g/mol. The normalized spacial score (nSPS) is 34.7. The summed E-state index contributed by atoms with van der Waals surface area (Å²) in [4.78, 5) is 14.6. The van der Waals surface area contributed by atoms with Gasteiger partial charge in [-0.25, -0.2) is 0 Å². The Kier molecular flexibility index (Phi) is 3.37. The first-order valence-corrected chi connectivity index (χ1v) is 7.37. The van der Waals surface area contributed by atoms with Gasteiger partial charge in [0.25, 0.3) is 0 Å². The summed E-state index contributed by atoms with van der Waals surface area (Å²) in [5.74, 6) is 1.56. The van der Waals surface area contributed by atoms with Gasteiger partial charge in [-0.15, -0.1) is 0 Å². The average molecular weight is 236 g/mol. The lowest BCUT2D eigenvalue weighted by Gasteiger charge is -2.37. The molecule has 1 aliphatic carbocycles. The predicted octanol–water partition coefficient (Wildman–Crippen LogP) is 1.78. The van der Waals surface area contributed by atoms with Crippen molar-refractivity contribution in [3.63, 3.8) is 0 Å². The maximum absolute atomic E-state index is 12.4. The molecule has 0 radical (unpaired) electrons. The van der Waals surface area contributed by atoms with Crippen LogP contribution in [0.15, 0.2) is 0 Å². The molecule has 1 N–H and O–H groups in total. The summed E-state index contributed by atoms with van der Waals surface area (Å²) in [5, 5.41) is 3.56. The largest absolute Gasteiger partial charge is 0.342 e. The molecule has 3 nitrogen and oxygen atoms in total. The van der Waals surface area contributed by atoms with Crippen LogP contribution in [0.4, 0.5) is 0 Å². The van der Waals surface area contributed by atoms with E-state index in [0.717, 1.165) is 38.4 Å². The number of nitrogens with zero attached hydrogens (tertiary/aromatic N) is 1. The SMILES string of the molecule is O=C(C1CCCCC1)N1CCC2NCCC2C1. The summed E-state index contributed by atoms with van der Waals surface area (Å²) in [7, 11) is 0. The van der Waals surface area contributed by atoms with Gasteiger partial charge in [-0.05, 0) is 38.1 Å². The lowest BCUT2D eigenvalue weighted by Crippen LogP contribution is -2.48. The van der Waals surface area contributed by atoms with Crippen LogP contribution < -0.4 is 5.32 Å². The van der Waals surface area contributed by atoms with E-state index in [1.807, 2.05) is 0 Å². The number of carbonyl (C=O) groups is 1. The molecule has 1 saturated carbocycles. The zero-order valence-electron chi connectivity index (χ0n) is 10.7. The van der Waals surface area contributed by atoms with Crippen molar-refractivity contribution in [1.29, 1.82) is 0 Å². The lowest BCUT2D eigenvalue weighted by molar-refractivity contribution is -0.138. The van der Waals surface area contributed by atoms with Crippen LogP contribution in [-0.2, 0) is 4.79 Å². The second-order valence-corrected chi connectivity index (χ2v) is 6.02. The first-order chi connectivity index (χ1) is 8.34. The molecule has 1 amide bonds. The summed E-state index contributed by atoms with van der Waals surface area (Å²) >= 11 is 0. The highest BCUT2D eigenvalue weighted by Gasteiger charge is 2.36. The summed E-state index contributed by atoms with van der Waals surface area (Å²) in [5.41, 5.74) is 0. The first-order valence-electron chi connectivity index (χ1n) is 7.37. The highest BCUT2D eigenvalue weighted by molar-refractivity contribution is 5.79. The summed E-state index contributed by atoms with van der Waals surface area (Å²) in [6.07, 6.45) is 8.57. The first kappa shape index (κ1) is 11.5. The smallest absolute Gasteiger partial charge is 0.225 e. The molecule has 3 fully saturated rings. The number of amides is 1. The van der Waals surface area contributed by atoms with Crippen molar-refractivity contribution in [2.75, 3.05) is 19.6 Å². The number of rotatable bonds is 1. The van der Waals surface area contributed by atoms with Crippen LogP contribution in [0.25, 0.3) is 0 Å². The number of piperidine rings is 1. The van der Waals surface area contributed by atoms with E-state index in [1.54, 1.807) is 0 Å². The summed E-state index contributed by atoms with van der Waals surface area (Å²) in [6.45, 7) is 3.16. The molecule has 0 aromatic rings. The van der Waals surface area contributed by atoms with E-state index < -0.39 is 0 Å². The third-order valence-electron chi connectivity index (χ3n) is 4.92. The molecule has 2 atom stereocenters. The molecule has 2 unspecified atom stereocenters. The number of hydrogen-bond donors (Lipinski definition) is 1. The molecule has 0 aromatic heterocycles. The molecule has 96 valence electrons. The number of likely N-dealkylation sites (tertiary alicyclic amines) is 1. The summed E-state index contributed by atoms with van der Waals surface area (Å²) < 4.78 is 0. The third-order valence-corrected chi connectivity index (χ3v) is 4.92. The minimum absolute atomic E-state index is 0.356. The minimum atomic E-state index is 0.356. The topological polar surface area (TPSA) is 32.3 Å². The van der Waals surface area contributed by atoms with Crippen molar-refractivity contribution in [2.45, 2.75) is 51.0 Å². The van der Waals surface area contributed by atoms with E-state index >= 15 is 0 Å².